The number of nitrogens with zero attached hydrogens (tertiary/aromatic N) is 1. The Morgan fingerprint density at radius 2 is 1.89 bits per heavy atom. The number of esters is 1. The molecule has 0 amide bonds. The number of ether oxygens (including phenoxy) is 1. The Balaban J connectivity index is 1.65. The molecule has 4 aliphatic carbocycles. The van der Waals surface area contributed by atoms with Gasteiger partial charge in [-0.1, -0.05) is 18.6 Å². The second-order valence-corrected chi connectivity index (χ2v) is 11.6. The van der Waals surface area contributed by atoms with Gasteiger partial charge >= 0.3 is 5.97 Å². The molecular weight excluding hydrogens is 450 g/mol. The molecule has 0 aromatic carbocycles. The minimum atomic E-state index is -1.98. The molecule has 0 radical (unpaired) electrons. The SMILES string of the molecule is CC(=O)[C@]1(O)CC[C@@]2(O)[C@]1(C)[C@@H](OC(=O)c1cccnc1)C[C@H]1[C@@]3(C)CC[C@H](O)CC3=CC[C@]12O. The number of hydrogen-bond donors (Lipinski definition) is 4. The maximum Gasteiger partial charge on any atom is 0.339 e. The number of ketones is 1. The summed E-state index contributed by atoms with van der Waals surface area (Å²) in [6.07, 6.45) is 5.28. The first kappa shape index (κ1) is 24.6. The molecule has 1 aromatic rings. The molecule has 35 heavy (non-hydrogen) atoms. The van der Waals surface area contributed by atoms with Crippen LogP contribution in [0.25, 0.3) is 0 Å². The molecule has 8 heteroatoms. The highest BCUT2D eigenvalue weighted by Crippen LogP contribution is 2.70. The van der Waals surface area contributed by atoms with Crippen LogP contribution in [0.4, 0.5) is 0 Å². The number of pyridine rings is 1. The van der Waals surface area contributed by atoms with Crippen molar-refractivity contribution in [2.75, 3.05) is 0 Å². The monoisotopic (exact) mass is 485 g/mol. The number of carbonyl (C=O) groups is 2. The standard InChI is InChI=1S/C27H35NO7/c1-16(29)25(32)10-11-27(34)24(25,3)21(35-22(31)17-5-4-12-28-15-17)14-20-23(2)8-7-19(30)13-18(23)6-9-26(20,27)33/h4-6,12,15,19-21,30,32-34H,7-11,13-14H2,1-3H3/t19-,20-,21-,23-,24+,25+,26-,27+/m0/s1. The van der Waals surface area contributed by atoms with E-state index in [1.807, 2.05) is 13.0 Å². The zero-order valence-corrected chi connectivity index (χ0v) is 20.5. The van der Waals surface area contributed by atoms with E-state index in [0.717, 1.165) is 5.57 Å². The summed E-state index contributed by atoms with van der Waals surface area (Å²) in [5.74, 6) is -1.69. The summed E-state index contributed by atoms with van der Waals surface area (Å²) in [4.78, 5) is 30.0. The van der Waals surface area contributed by atoms with Gasteiger partial charge in [-0.25, -0.2) is 4.79 Å². The lowest BCUT2D eigenvalue weighted by Crippen LogP contribution is -2.78. The van der Waals surface area contributed by atoms with Gasteiger partial charge in [0.25, 0.3) is 0 Å². The average molecular weight is 486 g/mol. The number of carbonyl (C=O) groups excluding carboxylic acids is 2. The fourth-order valence-electron chi connectivity index (χ4n) is 8.05. The molecule has 8 atom stereocenters. The first-order valence-electron chi connectivity index (χ1n) is 12.5. The number of fused-ring (bicyclic) bond motifs is 5. The van der Waals surface area contributed by atoms with Crippen LogP contribution in [-0.2, 0) is 9.53 Å². The van der Waals surface area contributed by atoms with Crippen LogP contribution in [0.1, 0.15) is 76.1 Å². The van der Waals surface area contributed by atoms with Crippen LogP contribution in [0.5, 0.6) is 0 Å². The van der Waals surface area contributed by atoms with Gasteiger partial charge in [0.2, 0.25) is 0 Å². The summed E-state index contributed by atoms with van der Waals surface area (Å²) in [5, 5.41) is 46.7. The maximum absolute atomic E-state index is 13.2. The van der Waals surface area contributed by atoms with Gasteiger partial charge in [-0.15, -0.1) is 0 Å². The van der Waals surface area contributed by atoms with E-state index in [1.54, 1.807) is 19.1 Å². The molecule has 4 aliphatic rings. The highest BCUT2D eigenvalue weighted by molar-refractivity contribution is 5.90. The van der Waals surface area contributed by atoms with Crippen LogP contribution in [0.2, 0.25) is 0 Å². The molecular formula is C27H35NO7. The Hall–Kier alpha value is -2.13. The minimum Gasteiger partial charge on any atom is -0.458 e. The summed E-state index contributed by atoms with van der Waals surface area (Å²) >= 11 is 0. The molecule has 3 saturated carbocycles. The second-order valence-electron chi connectivity index (χ2n) is 11.6. The molecule has 8 nitrogen and oxygen atoms in total. The highest BCUT2D eigenvalue weighted by atomic mass is 16.5. The van der Waals surface area contributed by atoms with Gasteiger partial charge in [0.15, 0.2) is 5.78 Å². The van der Waals surface area contributed by atoms with Crippen molar-refractivity contribution in [3.63, 3.8) is 0 Å². The third kappa shape index (κ3) is 2.97. The lowest BCUT2D eigenvalue weighted by molar-refractivity contribution is -0.312. The van der Waals surface area contributed by atoms with E-state index in [2.05, 4.69) is 4.98 Å². The molecule has 1 aromatic heterocycles. The van der Waals surface area contributed by atoms with Crippen molar-refractivity contribution in [1.82, 2.24) is 4.98 Å². The Morgan fingerprint density at radius 3 is 2.54 bits per heavy atom. The van der Waals surface area contributed by atoms with Gasteiger partial charge in [0.05, 0.1) is 17.1 Å². The van der Waals surface area contributed by atoms with Gasteiger partial charge in [-0.05, 0) is 76.3 Å². The van der Waals surface area contributed by atoms with Gasteiger partial charge < -0.3 is 25.2 Å². The van der Waals surface area contributed by atoms with E-state index in [9.17, 15) is 30.0 Å². The van der Waals surface area contributed by atoms with Crippen LogP contribution in [-0.4, -0.2) is 66.2 Å². The van der Waals surface area contributed by atoms with Gasteiger partial charge in [0, 0.05) is 18.3 Å². The molecule has 0 bridgehead atoms. The maximum atomic E-state index is 13.2. The molecule has 0 aliphatic heterocycles. The summed E-state index contributed by atoms with van der Waals surface area (Å²) in [5.41, 5.74) is -6.40. The Morgan fingerprint density at radius 1 is 1.14 bits per heavy atom. The number of Topliss-reactive ketones (excluding diaryl/α,β-unsaturated/α-hetero) is 1. The summed E-state index contributed by atoms with van der Waals surface area (Å²) in [6, 6.07) is 3.18. The molecule has 190 valence electrons. The third-order valence-corrected chi connectivity index (χ3v) is 10.3. The lowest BCUT2D eigenvalue weighted by atomic mass is 9.42. The topological polar surface area (TPSA) is 137 Å². The van der Waals surface area contributed by atoms with Crippen LogP contribution >= 0.6 is 0 Å². The van der Waals surface area contributed by atoms with Crippen LogP contribution in [0, 0.1) is 16.7 Å². The van der Waals surface area contributed by atoms with E-state index in [0.29, 0.717) is 19.3 Å². The number of aromatic nitrogens is 1. The van der Waals surface area contributed by atoms with Crippen molar-refractivity contribution < 1.29 is 34.8 Å². The van der Waals surface area contributed by atoms with E-state index < -0.39 is 57.5 Å². The fourth-order valence-corrected chi connectivity index (χ4v) is 8.05. The normalized spacial score (nSPS) is 46.6. The van der Waals surface area contributed by atoms with E-state index in [1.165, 1.54) is 19.3 Å². The van der Waals surface area contributed by atoms with Crippen molar-refractivity contribution in [2.24, 2.45) is 16.7 Å². The second kappa shape index (κ2) is 7.68. The van der Waals surface area contributed by atoms with Crippen molar-refractivity contribution in [3.8, 4) is 0 Å². The van der Waals surface area contributed by atoms with Gasteiger partial charge in [-0.3, -0.25) is 9.78 Å². The first-order chi connectivity index (χ1) is 16.3. The quantitative estimate of drug-likeness (QED) is 0.377. The fraction of sp³-hybridized carbons (Fsp3) is 0.667. The van der Waals surface area contributed by atoms with Crippen molar-refractivity contribution in [3.05, 3.63) is 41.7 Å². The van der Waals surface area contributed by atoms with E-state index in [-0.39, 0.29) is 31.2 Å². The predicted molar refractivity (Wildman–Crippen MR) is 125 cm³/mol. The molecule has 3 fully saturated rings. The average Bonchev–Trinajstić information content (AvgIpc) is 3.06. The third-order valence-electron chi connectivity index (χ3n) is 10.3. The zero-order valence-electron chi connectivity index (χ0n) is 20.5. The van der Waals surface area contributed by atoms with Crippen LogP contribution in [0.15, 0.2) is 36.2 Å². The molecule has 0 saturated heterocycles. The number of hydrogen-bond acceptors (Lipinski definition) is 8. The van der Waals surface area contributed by atoms with Crippen LogP contribution in [0.3, 0.4) is 0 Å². The van der Waals surface area contributed by atoms with Crippen molar-refractivity contribution >= 4 is 11.8 Å². The Bertz CT molecular complexity index is 1090. The van der Waals surface area contributed by atoms with Gasteiger partial charge in [-0.2, -0.15) is 0 Å². The molecule has 0 spiro atoms. The largest absolute Gasteiger partial charge is 0.458 e. The summed E-state index contributed by atoms with van der Waals surface area (Å²) < 4.78 is 6.01. The zero-order chi connectivity index (χ0) is 25.4. The van der Waals surface area contributed by atoms with Gasteiger partial charge in [0.1, 0.15) is 22.9 Å². The Labute approximate surface area is 205 Å². The summed E-state index contributed by atoms with van der Waals surface area (Å²) in [7, 11) is 0. The minimum absolute atomic E-state index is 0.00456. The van der Waals surface area contributed by atoms with Crippen LogP contribution < -0.4 is 0 Å². The number of aliphatic hydroxyl groups is 4. The molecule has 1 heterocycles. The van der Waals surface area contributed by atoms with Crippen molar-refractivity contribution in [1.29, 1.82) is 0 Å². The van der Waals surface area contributed by atoms with E-state index >= 15 is 0 Å². The molecule has 5 rings (SSSR count). The molecule has 0 unspecified atom stereocenters. The predicted octanol–water partition coefficient (Wildman–Crippen LogP) is 2.09. The molecule has 4 N–H and O–H groups in total. The lowest BCUT2D eigenvalue weighted by Gasteiger charge is -2.67. The smallest absolute Gasteiger partial charge is 0.339 e. The van der Waals surface area contributed by atoms with E-state index in [4.69, 9.17) is 4.74 Å². The number of rotatable bonds is 3. The Kier molecular flexibility index (Phi) is 5.39. The summed E-state index contributed by atoms with van der Waals surface area (Å²) in [6.45, 7) is 4.89. The van der Waals surface area contributed by atoms with Crippen molar-refractivity contribution in [2.45, 2.75) is 94.7 Å². The number of aliphatic hydroxyl groups excluding tert-OH is 1. The highest BCUT2D eigenvalue weighted by Gasteiger charge is 2.81. The first-order valence-corrected chi connectivity index (χ1v) is 12.5.